The van der Waals surface area contributed by atoms with Gasteiger partial charge in [0.2, 0.25) is 5.91 Å². The van der Waals surface area contributed by atoms with Gasteiger partial charge >= 0.3 is 6.09 Å². The third kappa shape index (κ3) is 5.98. The van der Waals surface area contributed by atoms with Crippen molar-refractivity contribution in [3.8, 4) is 17.2 Å². The summed E-state index contributed by atoms with van der Waals surface area (Å²) < 4.78 is 17.2. The minimum Gasteiger partial charge on any atom is -0.507 e. The summed E-state index contributed by atoms with van der Waals surface area (Å²) in [4.78, 5) is 45.2. The number of amides is 3. The van der Waals surface area contributed by atoms with E-state index in [0.717, 1.165) is 50.9 Å². The highest BCUT2D eigenvalue weighted by Crippen LogP contribution is 2.42. The molecule has 11 nitrogen and oxygen atoms in total. The van der Waals surface area contributed by atoms with Crippen LogP contribution < -0.4 is 19.3 Å². The first-order chi connectivity index (χ1) is 24.3. The fourth-order valence-electron chi connectivity index (χ4n) is 7.36. The van der Waals surface area contributed by atoms with Gasteiger partial charge in [0.15, 0.2) is 17.7 Å². The first kappa shape index (κ1) is 33.0. The zero-order valence-electron chi connectivity index (χ0n) is 27.8. The Bertz CT molecular complexity index is 1990. The maximum atomic E-state index is 13.8. The van der Waals surface area contributed by atoms with Gasteiger partial charge in [-0.3, -0.25) is 9.59 Å². The van der Waals surface area contributed by atoms with Crippen molar-refractivity contribution in [1.82, 2.24) is 4.90 Å². The average molecular weight is 678 g/mol. The molecule has 4 aromatic rings. The van der Waals surface area contributed by atoms with Gasteiger partial charge in [0, 0.05) is 30.6 Å². The number of aromatic hydroxyl groups is 1. The summed E-state index contributed by atoms with van der Waals surface area (Å²) in [6, 6.07) is 19.3. The molecule has 258 valence electrons. The van der Waals surface area contributed by atoms with Crippen molar-refractivity contribution in [3.05, 3.63) is 102 Å². The van der Waals surface area contributed by atoms with Gasteiger partial charge in [0.1, 0.15) is 19.0 Å². The zero-order valence-corrected chi connectivity index (χ0v) is 27.8. The van der Waals surface area contributed by atoms with E-state index in [4.69, 9.17) is 14.2 Å². The lowest BCUT2D eigenvalue weighted by molar-refractivity contribution is -0.117. The third-order valence-corrected chi connectivity index (χ3v) is 9.74. The number of carbonyl (C=O) groups excluding carboxylic acids is 3. The summed E-state index contributed by atoms with van der Waals surface area (Å²) in [5.74, 6) is 0.310. The predicted molar refractivity (Wildman–Crippen MR) is 188 cm³/mol. The molecular weight excluding hydrogens is 638 g/mol. The molecule has 11 heteroatoms. The molecule has 0 aliphatic carbocycles. The number of rotatable bonds is 8. The van der Waals surface area contributed by atoms with Crippen LogP contribution in [0.4, 0.5) is 16.2 Å². The van der Waals surface area contributed by atoms with Gasteiger partial charge in [0.25, 0.3) is 5.91 Å². The van der Waals surface area contributed by atoms with Crippen LogP contribution in [0.25, 0.3) is 10.8 Å². The van der Waals surface area contributed by atoms with E-state index >= 15 is 0 Å². The van der Waals surface area contributed by atoms with E-state index in [1.165, 1.54) is 25.3 Å². The normalized spacial score (nSPS) is 18.2. The Morgan fingerprint density at radius 3 is 2.56 bits per heavy atom. The summed E-state index contributed by atoms with van der Waals surface area (Å²) in [6.45, 7) is 4.62. The van der Waals surface area contributed by atoms with Crippen molar-refractivity contribution >= 4 is 40.1 Å². The Morgan fingerprint density at radius 2 is 1.76 bits per heavy atom. The van der Waals surface area contributed by atoms with E-state index in [9.17, 15) is 24.6 Å². The van der Waals surface area contributed by atoms with Gasteiger partial charge in [-0.1, -0.05) is 61.2 Å². The fourth-order valence-corrected chi connectivity index (χ4v) is 7.36. The molecular formula is C39H39N3O8. The number of anilines is 2. The van der Waals surface area contributed by atoms with Crippen LogP contribution in [0, 0.1) is 0 Å². The Labute approximate surface area is 289 Å². The van der Waals surface area contributed by atoms with Crippen LogP contribution in [0.3, 0.4) is 0 Å². The molecule has 2 unspecified atom stereocenters. The second-order valence-corrected chi connectivity index (χ2v) is 12.8. The number of nitrogens with zero attached hydrogens (tertiary/aromatic N) is 3. The maximum absolute atomic E-state index is 13.8. The molecule has 3 aliphatic heterocycles. The van der Waals surface area contributed by atoms with Gasteiger partial charge < -0.3 is 34.2 Å². The molecule has 1 saturated heterocycles. The Morgan fingerprint density at radius 1 is 0.960 bits per heavy atom. The first-order valence-corrected chi connectivity index (χ1v) is 16.8. The molecule has 7 rings (SSSR count). The monoisotopic (exact) mass is 677 g/mol. The summed E-state index contributed by atoms with van der Waals surface area (Å²) in [6.07, 6.45) is 2.30. The van der Waals surface area contributed by atoms with Gasteiger partial charge in [0.05, 0.1) is 36.5 Å². The molecule has 4 aromatic carbocycles. The number of phenols is 1. The van der Waals surface area contributed by atoms with Crippen molar-refractivity contribution in [2.24, 2.45) is 0 Å². The number of hydrogen-bond donors (Lipinski definition) is 2. The quantitative estimate of drug-likeness (QED) is 0.227. The predicted octanol–water partition coefficient (Wildman–Crippen LogP) is 5.72. The van der Waals surface area contributed by atoms with Crippen LogP contribution in [-0.4, -0.2) is 72.1 Å². The lowest BCUT2D eigenvalue weighted by atomic mass is 10.0. The Hall–Kier alpha value is -5.55. The minimum atomic E-state index is -1.33. The van der Waals surface area contributed by atoms with E-state index in [-0.39, 0.29) is 59.9 Å². The first-order valence-electron chi connectivity index (χ1n) is 16.8. The van der Waals surface area contributed by atoms with Crippen LogP contribution in [0.15, 0.2) is 79.4 Å². The SMILES string of the molecule is C=CCOC(=O)N1c2cc(OCc3cccc(CC(=O)N4CCc5c4cc(O)c4ccccc54)c3)c(OC)cc2C(=O)N2CCCCC2C1O. The van der Waals surface area contributed by atoms with Crippen molar-refractivity contribution in [1.29, 1.82) is 0 Å². The van der Waals surface area contributed by atoms with Crippen LogP contribution in [-0.2, 0) is 29.0 Å². The van der Waals surface area contributed by atoms with Crippen molar-refractivity contribution in [3.63, 3.8) is 0 Å². The second kappa shape index (κ2) is 13.8. The largest absolute Gasteiger partial charge is 0.507 e. The number of carbonyl (C=O) groups is 3. The minimum absolute atomic E-state index is 0.0677. The lowest BCUT2D eigenvalue weighted by Gasteiger charge is -2.38. The number of aliphatic hydroxyl groups excluding tert-OH is 1. The van der Waals surface area contributed by atoms with E-state index in [1.807, 2.05) is 48.5 Å². The standard InChI is InChI=1S/C39H39N3O8/c1-3-17-49-39(47)42-32-22-35(34(48-2)20-29(32)37(45)41-15-7-6-13-30(41)38(42)46)50-23-25-10-8-9-24(18-25)19-36(44)40-16-14-27-26-11-4-5-12-28(26)33(43)21-31(27)40/h3-5,8-12,18,20-22,30,38,43,46H,1,6-7,13-17,19,23H2,2H3. The summed E-state index contributed by atoms with van der Waals surface area (Å²) in [7, 11) is 1.47. The van der Waals surface area contributed by atoms with Gasteiger partial charge in [-0.2, -0.15) is 0 Å². The highest BCUT2D eigenvalue weighted by molar-refractivity contribution is 6.06. The molecule has 0 radical (unpaired) electrons. The number of ether oxygens (including phenoxy) is 3. The molecule has 2 N–H and O–H groups in total. The lowest BCUT2D eigenvalue weighted by Crippen LogP contribution is -2.55. The third-order valence-electron chi connectivity index (χ3n) is 9.74. The summed E-state index contributed by atoms with van der Waals surface area (Å²) in [5, 5.41) is 23.9. The number of methoxy groups -OCH3 is 1. The maximum Gasteiger partial charge on any atom is 0.416 e. The summed E-state index contributed by atoms with van der Waals surface area (Å²) >= 11 is 0. The number of hydrogen-bond acceptors (Lipinski definition) is 8. The van der Waals surface area contributed by atoms with Crippen molar-refractivity contribution in [2.45, 2.75) is 51.0 Å². The molecule has 0 bridgehead atoms. The number of phenolic OH excluding ortho intramolecular Hbond substituents is 1. The highest BCUT2D eigenvalue weighted by Gasteiger charge is 2.44. The Kier molecular flexibility index (Phi) is 9.07. The molecule has 50 heavy (non-hydrogen) atoms. The molecule has 0 aromatic heterocycles. The molecule has 0 spiro atoms. The van der Waals surface area contributed by atoms with E-state index in [2.05, 4.69) is 6.58 Å². The average Bonchev–Trinajstić information content (AvgIpc) is 3.54. The number of fused-ring (bicyclic) bond motifs is 5. The van der Waals surface area contributed by atoms with E-state index in [1.54, 1.807) is 15.9 Å². The Balaban J connectivity index is 1.12. The molecule has 3 aliphatic rings. The molecule has 1 fully saturated rings. The van der Waals surface area contributed by atoms with Crippen LogP contribution in [0.1, 0.15) is 46.3 Å². The van der Waals surface area contributed by atoms with Crippen LogP contribution >= 0.6 is 0 Å². The van der Waals surface area contributed by atoms with Gasteiger partial charge in [-0.15, -0.1) is 0 Å². The zero-order chi connectivity index (χ0) is 34.9. The molecule has 0 saturated carbocycles. The smallest absolute Gasteiger partial charge is 0.416 e. The number of aliphatic hydroxyl groups is 1. The molecule has 2 atom stereocenters. The molecule has 3 heterocycles. The number of piperidine rings is 1. The summed E-state index contributed by atoms with van der Waals surface area (Å²) in [5.41, 5.74) is 3.73. The van der Waals surface area contributed by atoms with Gasteiger partial charge in [-0.25, -0.2) is 9.69 Å². The highest BCUT2D eigenvalue weighted by atomic mass is 16.6. The molecule has 3 amide bonds. The van der Waals surface area contributed by atoms with E-state index < -0.39 is 18.4 Å². The van der Waals surface area contributed by atoms with Crippen LogP contribution in [0.5, 0.6) is 17.2 Å². The van der Waals surface area contributed by atoms with Crippen molar-refractivity contribution in [2.75, 3.05) is 36.6 Å². The number of benzene rings is 4. The topological polar surface area (TPSA) is 129 Å². The second-order valence-electron chi connectivity index (χ2n) is 12.8. The van der Waals surface area contributed by atoms with Crippen LogP contribution in [0.2, 0.25) is 0 Å². The van der Waals surface area contributed by atoms with Gasteiger partial charge in [-0.05, 0) is 53.8 Å². The fraction of sp³-hybridized carbons (Fsp3) is 0.308. The van der Waals surface area contributed by atoms with E-state index in [0.29, 0.717) is 25.9 Å². The van der Waals surface area contributed by atoms with Crippen molar-refractivity contribution < 1.29 is 38.8 Å².